The Balaban J connectivity index is 0.591. The highest BCUT2D eigenvalue weighted by atomic mass is 16.6. The molecule has 5 aromatic rings. The van der Waals surface area contributed by atoms with E-state index < -0.39 is 120 Å². The molecule has 3 amide bonds. The van der Waals surface area contributed by atoms with Crippen LogP contribution in [-0.4, -0.2) is 280 Å². The van der Waals surface area contributed by atoms with Crippen LogP contribution in [-0.2, 0) is 103 Å². The number of ether oxygens (including phenoxy) is 13. The molecule has 2 bridgehead atoms. The first kappa shape index (κ1) is 98.9. The molecule has 2 saturated heterocycles. The molecule has 684 valence electrons. The van der Waals surface area contributed by atoms with Crippen molar-refractivity contribution in [3.8, 4) is 11.3 Å². The number of ketones is 3. The van der Waals surface area contributed by atoms with Crippen molar-refractivity contribution in [2.24, 2.45) is 35.3 Å². The zero-order chi connectivity index (χ0) is 89.1. The van der Waals surface area contributed by atoms with Crippen molar-refractivity contribution in [2.75, 3.05) is 144 Å². The molecular weight excluding hydrogens is 1610 g/mol. The molecular formula is C89H129N11O24. The minimum absolute atomic E-state index is 0.00293. The van der Waals surface area contributed by atoms with Crippen molar-refractivity contribution in [2.45, 2.75) is 199 Å². The third-order valence-corrected chi connectivity index (χ3v) is 22.9. The fourth-order valence-corrected chi connectivity index (χ4v) is 15.7. The number of benzene rings is 2. The number of nitrogen functional groups attached to an aromatic ring is 2. The molecule has 11 N–H and O–H groups in total. The maximum absolute atomic E-state index is 14.6. The Bertz CT molecular complexity index is 4350. The number of nitrogens with zero attached hydrogens (tertiary/aromatic N) is 6. The molecule has 3 aromatic heterocycles. The largest absolute Gasteiger partial charge is 0.459 e. The summed E-state index contributed by atoms with van der Waals surface area (Å²) in [5, 5.41) is 45.7. The number of aliphatic hydroxyl groups excluding tert-OH is 2. The Morgan fingerprint density at radius 1 is 0.694 bits per heavy atom. The molecule has 4 aliphatic rings. The number of carbonyl (C=O) groups excluding carboxylic acids is 7. The van der Waals surface area contributed by atoms with Gasteiger partial charge in [0.2, 0.25) is 11.7 Å². The second-order valence-corrected chi connectivity index (χ2v) is 32.3. The highest BCUT2D eigenvalue weighted by Crippen LogP contribution is 2.39. The fourth-order valence-electron chi connectivity index (χ4n) is 15.7. The van der Waals surface area contributed by atoms with Gasteiger partial charge in [0.25, 0.3) is 17.7 Å². The molecule has 35 nitrogen and oxygen atoms in total. The summed E-state index contributed by atoms with van der Waals surface area (Å²) >= 11 is 0. The molecule has 2 aromatic carbocycles. The van der Waals surface area contributed by atoms with Gasteiger partial charge in [0.1, 0.15) is 59.6 Å². The van der Waals surface area contributed by atoms with Gasteiger partial charge < -0.3 is 114 Å². The van der Waals surface area contributed by atoms with Crippen LogP contribution in [0.25, 0.3) is 33.4 Å². The van der Waals surface area contributed by atoms with E-state index in [9.17, 15) is 48.9 Å². The SMILES string of the molecule is CO[C@H]1C[C@@H]2CC[C@@H](C)[C@@](O)(O2)C(=O)C(=O)N2CCCC[C@H]2C(=O)O[C@H]([C@H](N)C[C@@H]2CC[C@@H](OC(=O)NCCOCCOCCOCCOCCOCCOCCOCCOCCC(=O)NCc3ccc(Cn4nc(-c5ccc6oc(N)nc6c5)c5c(N)ncnc54)cc3)[C@H](OC)C2)CC(=O)[C@H](C)/C=C(\C)[C@@H](O)[C@@H](O)C(=O)[C@H](C)C[C@H](C)/C=C/C=CC=C1C. The number of nitrogens with one attached hydrogen (secondary N) is 2. The first-order chi connectivity index (χ1) is 59.7. The molecule has 1 saturated carbocycles. The molecule has 3 aliphatic heterocycles. The van der Waals surface area contributed by atoms with Gasteiger partial charge in [-0.2, -0.15) is 10.1 Å². The number of alkyl carbamates (subject to hydrolysis) is 1. The number of anilines is 2. The van der Waals surface area contributed by atoms with Crippen LogP contribution in [0.15, 0.2) is 101 Å². The monoisotopic (exact) mass is 1740 g/mol. The summed E-state index contributed by atoms with van der Waals surface area (Å²) < 4.78 is 81.9. The Hall–Kier alpha value is -8.89. The topological polar surface area (TPSA) is 475 Å². The van der Waals surface area contributed by atoms with Crippen molar-refractivity contribution in [1.29, 1.82) is 0 Å². The predicted octanol–water partition coefficient (Wildman–Crippen LogP) is 6.95. The molecule has 9 rings (SSSR count). The number of amides is 3. The molecule has 124 heavy (non-hydrogen) atoms. The van der Waals surface area contributed by atoms with Crippen molar-refractivity contribution >= 4 is 75.2 Å². The lowest BCUT2D eigenvalue weighted by molar-refractivity contribution is -0.265. The summed E-state index contributed by atoms with van der Waals surface area (Å²) in [6, 6.07) is 11.2. The number of aromatic nitrogens is 5. The molecule has 1 aliphatic carbocycles. The first-order valence-corrected chi connectivity index (χ1v) is 43.2. The maximum atomic E-state index is 14.6. The van der Waals surface area contributed by atoms with E-state index in [1.54, 1.807) is 38.6 Å². The number of cyclic esters (lactones) is 1. The Morgan fingerprint density at radius 2 is 1.34 bits per heavy atom. The molecule has 3 fully saturated rings. The fraction of sp³-hybridized carbons (Fsp3) is 0.629. The van der Waals surface area contributed by atoms with E-state index in [0.717, 1.165) is 27.2 Å². The number of piperidine rings is 1. The van der Waals surface area contributed by atoms with Gasteiger partial charge in [0.05, 0.1) is 136 Å². The minimum Gasteiger partial charge on any atom is -0.459 e. The number of fused-ring (bicyclic) bond motifs is 5. The maximum Gasteiger partial charge on any atom is 0.407 e. The lowest BCUT2D eigenvalue weighted by Crippen LogP contribution is -2.61. The van der Waals surface area contributed by atoms with E-state index in [1.165, 1.54) is 26.4 Å². The van der Waals surface area contributed by atoms with Gasteiger partial charge >= 0.3 is 12.1 Å². The van der Waals surface area contributed by atoms with Gasteiger partial charge in [-0.05, 0) is 130 Å². The average molecular weight is 1740 g/mol. The van der Waals surface area contributed by atoms with E-state index in [1.807, 2.05) is 80.6 Å². The van der Waals surface area contributed by atoms with Crippen LogP contribution in [0.4, 0.5) is 16.6 Å². The first-order valence-electron chi connectivity index (χ1n) is 43.2. The number of oxazole rings is 1. The lowest BCUT2D eigenvalue weighted by atomic mass is 9.80. The van der Waals surface area contributed by atoms with Gasteiger partial charge in [0, 0.05) is 82.5 Å². The van der Waals surface area contributed by atoms with Crippen molar-refractivity contribution in [3.63, 3.8) is 0 Å². The third kappa shape index (κ3) is 30.2. The number of allylic oxidation sites excluding steroid dienone is 6. The summed E-state index contributed by atoms with van der Waals surface area (Å²) in [5.74, 6) is -9.13. The van der Waals surface area contributed by atoms with E-state index in [-0.39, 0.29) is 87.9 Å². The number of hydrogen-bond donors (Lipinski definition) is 8. The van der Waals surface area contributed by atoms with E-state index >= 15 is 0 Å². The molecule has 15 atom stereocenters. The van der Waals surface area contributed by atoms with E-state index in [0.29, 0.717) is 184 Å². The average Bonchev–Trinajstić information content (AvgIpc) is 1.19. The molecule has 6 heterocycles. The van der Waals surface area contributed by atoms with Gasteiger partial charge in [-0.25, -0.2) is 24.2 Å². The number of aliphatic hydroxyl groups is 3. The Labute approximate surface area is 724 Å². The van der Waals surface area contributed by atoms with Crippen LogP contribution in [0.1, 0.15) is 136 Å². The van der Waals surface area contributed by atoms with Crippen LogP contribution < -0.4 is 27.8 Å². The number of carbonyl (C=O) groups is 7. The number of nitrogens with two attached hydrogens (primary N) is 3. The predicted molar refractivity (Wildman–Crippen MR) is 457 cm³/mol. The normalized spacial score (nSPS) is 26.1. The second-order valence-electron chi connectivity index (χ2n) is 32.3. The molecule has 0 radical (unpaired) electrons. The molecule has 0 unspecified atom stereocenters. The summed E-state index contributed by atoms with van der Waals surface area (Å²) in [4.78, 5) is 111. The smallest absolute Gasteiger partial charge is 0.407 e. The minimum atomic E-state index is -2.51. The summed E-state index contributed by atoms with van der Waals surface area (Å²) in [7, 11) is 3.06. The van der Waals surface area contributed by atoms with Crippen molar-refractivity contribution in [1.82, 2.24) is 40.3 Å². The summed E-state index contributed by atoms with van der Waals surface area (Å²) in [6.07, 6.45) is 8.37. The number of Topliss-reactive ketones (excluding diaryl/α,β-unsaturated/α-hetero) is 3. The quantitative estimate of drug-likeness (QED) is 0.00857. The van der Waals surface area contributed by atoms with Crippen LogP contribution in [0.3, 0.4) is 0 Å². The highest BCUT2D eigenvalue weighted by Gasteiger charge is 2.53. The van der Waals surface area contributed by atoms with Crippen LogP contribution in [0.2, 0.25) is 0 Å². The van der Waals surface area contributed by atoms with Crippen LogP contribution in [0, 0.1) is 29.6 Å². The number of hydrogen-bond acceptors (Lipinski definition) is 31. The second kappa shape index (κ2) is 51.0. The number of methoxy groups -OCH3 is 2. The summed E-state index contributed by atoms with van der Waals surface area (Å²) in [6.45, 7) is 16.8. The van der Waals surface area contributed by atoms with Gasteiger partial charge in [-0.1, -0.05) is 88.4 Å². The van der Waals surface area contributed by atoms with Gasteiger partial charge in [0.15, 0.2) is 17.0 Å². The van der Waals surface area contributed by atoms with Crippen molar-refractivity contribution in [3.05, 3.63) is 108 Å². The zero-order valence-corrected chi connectivity index (χ0v) is 72.8. The van der Waals surface area contributed by atoms with Crippen LogP contribution >= 0.6 is 0 Å². The number of rotatable bonds is 38. The zero-order valence-electron chi connectivity index (χ0n) is 72.8. The third-order valence-electron chi connectivity index (χ3n) is 22.9. The molecule has 0 spiro atoms. The van der Waals surface area contributed by atoms with E-state index in [4.69, 9.17) is 88.3 Å². The lowest BCUT2D eigenvalue weighted by Gasteiger charge is -2.42. The Morgan fingerprint density at radius 3 is 1.99 bits per heavy atom. The summed E-state index contributed by atoms with van der Waals surface area (Å²) in [5.41, 5.74) is 25.1. The van der Waals surface area contributed by atoms with Crippen molar-refractivity contribution < 1.29 is 115 Å². The van der Waals surface area contributed by atoms with Gasteiger partial charge in [-0.3, -0.25) is 24.0 Å². The Kier molecular flexibility index (Phi) is 40.7. The standard InChI is InChI=1S/C89H129N11O24/c1-56-14-10-9-11-15-57(2)73(111-7)51-66-24-17-61(6)89(110,124-66)82(106)85(107)99-29-13-12-16-69(99)86(108)121-74(52-70(101)58(3)47-60(5)80(104)81(105)79(103)59(4)46-56)67(90)48-64-22-25-72(75(49-64)112-8)123-88(109)93-28-31-114-33-35-116-37-39-118-41-43-120-45-44-119-42-40-117-38-36-115-34-32-113-30-27-76(102)94-53-62-18-20-63(21-19-62)54-100-84-77(83(91)95-55-96-84)78(98-100)65-23-26-71-68(50-65)97-87(92)122-71/h9-11,14-15,18-21,23,26,47,50,55-56,58-59,61,64,66-67,69,72-75,80-81,104-105,110H,12-13,16-17,22,24-25,27-46,48-49,51-54,90H2,1-8H3,(H2,92,97)(H,93,109)(H,94,102)(H2,91,95,96)/b11-9?,14-10+,57-15?,60-47+/t56-,58-,59-,61-,64+,66+,67-,69+,72-,73+,74+,75-,80-,81+,89-/m1/s1. The van der Waals surface area contributed by atoms with E-state index in [2.05, 4.69) is 25.6 Å². The highest BCUT2D eigenvalue weighted by molar-refractivity contribution is 6.39. The van der Waals surface area contributed by atoms with Gasteiger partial charge in [-0.15, -0.1) is 0 Å². The van der Waals surface area contributed by atoms with Crippen LogP contribution in [0.5, 0.6) is 0 Å². The number of esters is 1. The molecule has 35 heteroatoms.